The summed E-state index contributed by atoms with van der Waals surface area (Å²) >= 11 is 0. The van der Waals surface area contributed by atoms with E-state index in [0.29, 0.717) is 0 Å². The fourth-order valence-electron chi connectivity index (χ4n) is 6.25. The molecule has 0 amide bonds. The molecular formula is C51H39IrN3. The van der Waals surface area contributed by atoms with Crippen molar-refractivity contribution in [3.05, 3.63) is 237 Å². The molecule has 0 atom stereocenters. The first-order valence-electron chi connectivity index (χ1n) is 18.0. The number of hydrogen-bond donors (Lipinski definition) is 0. The van der Waals surface area contributed by atoms with Crippen LogP contribution in [0.15, 0.2) is 237 Å². The van der Waals surface area contributed by atoms with Gasteiger partial charge in [-0.1, -0.05) is 200 Å². The third-order valence-corrected chi connectivity index (χ3v) is 8.82. The van der Waals surface area contributed by atoms with Crippen LogP contribution in [0, 0.1) is 0 Å². The fourth-order valence-corrected chi connectivity index (χ4v) is 6.25. The molecule has 0 fully saturated rings. The van der Waals surface area contributed by atoms with Crippen LogP contribution in [0.3, 0.4) is 0 Å². The number of hydrogen-bond acceptors (Lipinski definition) is 3. The molecular weight excluding hydrogens is 847 g/mol. The molecule has 0 spiro atoms. The van der Waals surface area contributed by atoms with Crippen molar-refractivity contribution in [1.29, 1.82) is 0 Å². The minimum Gasteiger partial charge on any atom is -0.256 e. The smallest absolute Gasteiger partial charge is 0.0780 e. The third kappa shape index (κ3) is 10.1. The Morgan fingerprint density at radius 3 is 0.618 bits per heavy atom. The van der Waals surface area contributed by atoms with Crippen molar-refractivity contribution in [3.63, 3.8) is 0 Å². The molecule has 6 aromatic carbocycles. The summed E-state index contributed by atoms with van der Waals surface area (Å²) in [7, 11) is 0. The monoisotopic (exact) mass is 886 g/mol. The molecule has 0 saturated heterocycles. The van der Waals surface area contributed by atoms with Crippen LogP contribution in [0.5, 0.6) is 0 Å². The minimum atomic E-state index is 0. The van der Waals surface area contributed by atoms with Gasteiger partial charge in [0.1, 0.15) is 0 Å². The second kappa shape index (κ2) is 20.0. The van der Waals surface area contributed by atoms with Crippen LogP contribution in [0.4, 0.5) is 0 Å². The Kier molecular flexibility index (Phi) is 13.9. The van der Waals surface area contributed by atoms with Crippen LogP contribution >= 0.6 is 0 Å². The van der Waals surface area contributed by atoms with Crippen LogP contribution in [0.25, 0.3) is 67.2 Å². The summed E-state index contributed by atoms with van der Waals surface area (Å²) in [6, 6.07) is 74.2. The molecule has 0 aliphatic heterocycles. The Labute approximate surface area is 337 Å². The van der Waals surface area contributed by atoms with Crippen molar-refractivity contribution in [2.45, 2.75) is 0 Å². The van der Waals surface area contributed by atoms with E-state index >= 15 is 0 Å². The number of pyridine rings is 3. The first kappa shape index (κ1) is 38.2. The minimum absolute atomic E-state index is 0. The van der Waals surface area contributed by atoms with E-state index in [1.165, 1.54) is 33.4 Å². The predicted octanol–water partition coefficient (Wildman–Crippen LogP) is 13.2. The summed E-state index contributed by atoms with van der Waals surface area (Å²) < 4.78 is 0. The summed E-state index contributed by atoms with van der Waals surface area (Å²) in [5.74, 6) is 0. The van der Waals surface area contributed by atoms with Gasteiger partial charge >= 0.3 is 0 Å². The zero-order valence-corrected chi connectivity index (χ0v) is 32.6. The third-order valence-electron chi connectivity index (χ3n) is 8.82. The van der Waals surface area contributed by atoms with Gasteiger partial charge in [0, 0.05) is 72.1 Å². The Balaban J connectivity index is 0.000000139. The molecule has 0 bridgehead atoms. The molecule has 9 rings (SSSR count). The fraction of sp³-hybridized carbons (Fsp3) is 0. The van der Waals surface area contributed by atoms with E-state index in [0.717, 1.165) is 33.8 Å². The van der Waals surface area contributed by atoms with E-state index in [1.807, 2.05) is 110 Å². The van der Waals surface area contributed by atoms with Crippen molar-refractivity contribution >= 4 is 0 Å². The Morgan fingerprint density at radius 1 is 0.200 bits per heavy atom. The second-order valence-electron chi connectivity index (χ2n) is 12.4. The molecule has 3 heterocycles. The molecule has 267 valence electrons. The largest absolute Gasteiger partial charge is 0.256 e. The second-order valence-corrected chi connectivity index (χ2v) is 12.4. The van der Waals surface area contributed by atoms with Gasteiger partial charge in [-0.25, -0.2) is 0 Å². The molecule has 3 nitrogen and oxygen atoms in total. The zero-order chi connectivity index (χ0) is 36.6. The van der Waals surface area contributed by atoms with E-state index in [4.69, 9.17) is 0 Å². The molecule has 0 aliphatic carbocycles. The van der Waals surface area contributed by atoms with E-state index in [1.54, 1.807) is 0 Å². The maximum Gasteiger partial charge on any atom is 0.0780 e. The van der Waals surface area contributed by atoms with Crippen molar-refractivity contribution in [3.8, 4) is 67.2 Å². The van der Waals surface area contributed by atoms with Crippen LogP contribution in [-0.2, 0) is 20.1 Å². The molecule has 9 aromatic rings. The van der Waals surface area contributed by atoms with Crippen molar-refractivity contribution < 1.29 is 20.1 Å². The normalized spacial score (nSPS) is 10.0. The van der Waals surface area contributed by atoms with E-state index in [2.05, 4.69) is 142 Å². The summed E-state index contributed by atoms with van der Waals surface area (Å²) in [4.78, 5) is 13.6. The topological polar surface area (TPSA) is 38.7 Å². The maximum absolute atomic E-state index is 4.53. The molecule has 0 saturated carbocycles. The van der Waals surface area contributed by atoms with Gasteiger partial charge in [-0.2, -0.15) is 0 Å². The molecule has 0 N–H and O–H groups in total. The van der Waals surface area contributed by atoms with Crippen LogP contribution in [0.2, 0.25) is 0 Å². The van der Waals surface area contributed by atoms with Crippen LogP contribution < -0.4 is 0 Å². The molecule has 0 unspecified atom stereocenters. The van der Waals surface area contributed by atoms with Crippen molar-refractivity contribution in [2.75, 3.05) is 0 Å². The number of benzene rings is 6. The number of rotatable bonds is 6. The Morgan fingerprint density at radius 2 is 0.400 bits per heavy atom. The first-order chi connectivity index (χ1) is 26.8. The molecule has 0 aliphatic rings. The van der Waals surface area contributed by atoms with Gasteiger partial charge in [-0.05, 0) is 34.9 Å². The summed E-state index contributed by atoms with van der Waals surface area (Å²) in [6.07, 6.45) is 5.53. The van der Waals surface area contributed by atoms with E-state index in [-0.39, 0.29) is 20.1 Å². The quantitative estimate of drug-likeness (QED) is 0.167. The van der Waals surface area contributed by atoms with Crippen molar-refractivity contribution in [1.82, 2.24) is 15.0 Å². The molecule has 1 radical (unpaired) electrons. The predicted molar refractivity (Wildman–Crippen MR) is 225 cm³/mol. The summed E-state index contributed by atoms with van der Waals surface area (Å²) in [5.41, 5.74) is 13.7. The van der Waals surface area contributed by atoms with Gasteiger partial charge in [0.2, 0.25) is 0 Å². The Bertz CT molecular complexity index is 2000. The number of nitrogens with zero attached hydrogens (tertiary/aromatic N) is 3. The molecule has 55 heavy (non-hydrogen) atoms. The molecule has 3 aromatic heterocycles. The summed E-state index contributed by atoms with van der Waals surface area (Å²) in [5, 5.41) is 0. The van der Waals surface area contributed by atoms with Gasteiger partial charge in [0.15, 0.2) is 0 Å². The molecule has 4 heteroatoms. The summed E-state index contributed by atoms with van der Waals surface area (Å²) in [6.45, 7) is 0. The van der Waals surface area contributed by atoms with Crippen LogP contribution in [-0.4, -0.2) is 15.0 Å². The van der Waals surface area contributed by atoms with Crippen molar-refractivity contribution in [2.24, 2.45) is 0 Å². The average Bonchev–Trinajstić information content (AvgIpc) is 3.29. The van der Waals surface area contributed by atoms with Gasteiger partial charge in [-0.3, -0.25) is 15.0 Å². The van der Waals surface area contributed by atoms with Gasteiger partial charge in [-0.15, -0.1) is 0 Å². The van der Waals surface area contributed by atoms with E-state index < -0.39 is 0 Å². The van der Waals surface area contributed by atoms with Gasteiger partial charge < -0.3 is 0 Å². The number of aromatic nitrogens is 3. The van der Waals surface area contributed by atoms with Crippen LogP contribution in [0.1, 0.15) is 0 Å². The first-order valence-corrected chi connectivity index (χ1v) is 18.0. The SMILES string of the molecule is [Ir].c1ccc(-c2cccnc2-c2ccccc2)cc1.c1ccc(-c2cccnc2-c2ccccc2)cc1.c1ccc(-c2cccnc2-c2ccccc2)cc1. The van der Waals surface area contributed by atoms with Gasteiger partial charge in [0.25, 0.3) is 0 Å². The maximum atomic E-state index is 4.53. The standard InChI is InChI=1S/3C17H13N.Ir/c3*1-3-8-14(9-4-1)16-12-7-13-18-17(16)15-10-5-2-6-11-15;/h3*1-13H;. The van der Waals surface area contributed by atoms with E-state index in [9.17, 15) is 0 Å². The average molecular weight is 886 g/mol. The Hall–Kier alpha value is -6.58. The van der Waals surface area contributed by atoms with Gasteiger partial charge in [0.05, 0.1) is 17.1 Å². The zero-order valence-electron chi connectivity index (χ0n) is 30.2.